The van der Waals surface area contributed by atoms with E-state index in [1.807, 2.05) is 0 Å². The van der Waals surface area contributed by atoms with E-state index in [4.69, 9.17) is 10.6 Å². The molecule has 1 saturated heterocycles. The zero-order chi connectivity index (χ0) is 14.7. The number of nitrogens with two attached hydrogens (primary N) is 1. The molecule has 1 aliphatic rings. The van der Waals surface area contributed by atoms with Crippen LogP contribution in [0.1, 0.15) is 6.42 Å². The quantitative estimate of drug-likeness (QED) is 0.371. The topological polar surface area (TPSA) is 149 Å². The van der Waals surface area contributed by atoms with Gasteiger partial charge in [-0.25, -0.2) is 10.8 Å². The third-order valence-corrected chi connectivity index (χ3v) is 3.03. The van der Waals surface area contributed by atoms with Gasteiger partial charge < -0.3 is 15.2 Å². The Morgan fingerprint density at radius 2 is 2.24 bits per heavy atom. The van der Waals surface area contributed by atoms with Gasteiger partial charge in [0.15, 0.2) is 0 Å². The van der Waals surface area contributed by atoms with Crippen molar-refractivity contribution in [3.05, 3.63) is 12.7 Å². The Morgan fingerprint density at radius 3 is 2.90 bits per heavy atom. The molecule has 21 heavy (non-hydrogen) atoms. The normalized spacial score (nSPS) is 21.4. The van der Waals surface area contributed by atoms with E-state index >= 15 is 0 Å². The van der Waals surface area contributed by atoms with Gasteiger partial charge in [-0.15, -0.1) is 0 Å². The summed E-state index contributed by atoms with van der Waals surface area (Å²) < 4.78 is 6.55. The molecule has 2 aromatic rings. The van der Waals surface area contributed by atoms with Crippen LogP contribution in [-0.4, -0.2) is 60.2 Å². The Hall–Kier alpha value is -2.37. The van der Waals surface area contributed by atoms with Crippen molar-refractivity contribution in [1.29, 1.82) is 0 Å². The molecule has 11 nitrogen and oxygen atoms in total. The molecule has 0 bridgehead atoms. The average molecular weight is 293 g/mol. The highest BCUT2D eigenvalue weighted by Gasteiger charge is 2.32. The molecule has 0 spiro atoms. The molecule has 0 saturated carbocycles. The van der Waals surface area contributed by atoms with Crippen LogP contribution in [-0.2, 0) is 4.74 Å². The van der Waals surface area contributed by atoms with Crippen molar-refractivity contribution < 1.29 is 9.84 Å². The van der Waals surface area contributed by atoms with Crippen LogP contribution in [0.4, 0.5) is 11.9 Å². The molecule has 112 valence electrons. The number of anilines is 2. The Kier molecular flexibility index (Phi) is 3.60. The third kappa shape index (κ3) is 3.04. The first-order chi connectivity index (χ1) is 10.2. The monoisotopic (exact) mass is 293 g/mol. The number of aliphatic hydroxyl groups is 1. The van der Waals surface area contributed by atoms with E-state index in [0.29, 0.717) is 13.0 Å². The number of nitrogen functional groups attached to an aromatic ring is 1. The molecule has 5 N–H and O–H groups in total. The molecular formula is C10H15N9O2. The minimum absolute atomic E-state index is 0.174. The van der Waals surface area contributed by atoms with Gasteiger partial charge in [-0.05, 0) is 0 Å². The summed E-state index contributed by atoms with van der Waals surface area (Å²) in [7, 11) is 0. The Labute approximate surface area is 119 Å². The Bertz CT molecular complexity index is 597. The average Bonchev–Trinajstić information content (AvgIpc) is 3.17. The summed E-state index contributed by atoms with van der Waals surface area (Å²) in [4.78, 5) is 16.2. The number of nitrogens with one attached hydrogen (secondary N) is 2. The molecule has 0 aliphatic carbocycles. The summed E-state index contributed by atoms with van der Waals surface area (Å²) in [6.45, 7) is 1.08. The lowest BCUT2D eigenvalue weighted by Crippen LogP contribution is -2.37. The highest BCUT2D eigenvalue weighted by atomic mass is 16.5. The van der Waals surface area contributed by atoms with Gasteiger partial charge in [0.2, 0.25) is 11.9 Å². The van der Waals surface area contributed by atoms with Crippen LogP contribution >= 0.6 is 0 Å². The van der Waals surface area contributed by atoms with Crippen LogP contribution < -0.4 is 16.6 Å². The van der Waals surface area contributed by atoms with Crippen molar-refractivity contribution >= 4 is 11.9 Å². The highest BCUT2D eigenvalue weighted by molar-refractivity contribution is 5.37. The van der Waals surface area contributed by atoms with Crippen molar-refractivity contribution in [2.75, 3.05) is 30.5 Å². The van der Waals surface area contributed by atoms with Crippen LogP contribution in [0.25, 0.3) is 5.95 Å². The van der Waals surface area contributed by atoms with Gasteiger partial charge in [0.05, 0.1) is 6.61 Å². The van der Waals surface area contributed by atoms with Crippen LogP contribution in [0.2, 0.25) is 0 Å². The summed E-state index contributed by atoms with van der Waals surface area (Å²) in [5, 5.41) is 17.1. The molecular weight excluding hydrogens is 278 g/mol. The molecule has 0 amide bonds. The summed E-state index contributed by atoms with van der Waals surface area (Å²) in [6, 6.07) is 0. The maximum atomic E-state index is 10.2. The minimum Gasteiger partial charge on any atom is -0.386 e. The number of hydrazine groups is 1. The zero-order valence-corrected chi connectivity index (χ0v) is 11.1. The van der Waals surface area contributed by atoms with Crippen molar-refractivity contribution in [3.8, 4) is 5.95 Å². The molecule has 0 aromatic carbocycles. The van der Waals surface area contributed by atoms with E-state index in [-0.39, 0.29) is 31.0 Å². The molecule has 1 unspecified atom stereocenters. The molecule has 0 radical (unpaired) electrons. The summed E-state index contributed by atoms with van der Waals surface area (Å²) in [5.41, 5.74) is 1.44. The van der Waals surface area contributed by atoms with Crippen LogP contribution in [0.5, 0.6) is 0 Å². The Morgan fingerprint density at radius 1 is 1.38 bits per heavy atom. The maximum absolute atomic E-state index is 10.2. The number of rotatable bonds is 5. The van der Waals surface area contributed by atoms with E-state index in [2.05, 4.69) is 35.8 Å². The number of hydrogen-bond acceptors (Lipinski definition) is 10. The first kappa shape index (κ1) is 13.6. The van der Waals surface area contributed by atoms with E-state index in [9.17, 15) is 5.11 Å². The van der Waals surface area contributed by atoms with Crippen molar-refractivity contribution in [2.45, 2.75) is 12.0 Å². The van der Waals surface area contributed by atoms with Crippen LogP contribution in [0.3, 0.4) is 0 Å². The second-order valence-corrected chi connectivity index (χ2v) is 4.65. The summed E-state index contributed by atoms with van der Waals surface area (Å²) in [6.07, 6.45) is 3.38. The van der Waals surface area contributed by atoms with Crippen molar-refractivity contribution in [1.82, 2.24) is 29.7 Å². The highest BCUT2D eigenvalue weighted by Crippen LogP contribution is 2.18. The van der Waals surface area contributed by atoms with Crippen molar-refractivity contribution in [3.63, 3.8) is 0 Å². The van der Waals surface area contributed by atoms with Gasteiger partial charge in [0.1, 0.15) is 18.3 Å². The second kappa shape index (κ2) is 5.55. The predicted octanol–water partition coefficient (Wildman–Crippen LogP) is -1.70. The zero-order valence-electron chi connectivity index (χ0n) is 11.1. The standard InChI is InChI=1S/C10H15N9O2/c11-18-8-15-7(13-3-10(20)1-2-21-4-10)16-9(17-8)19-6-12-5-14-19/h5-6,20H,1-4,11H2,(H2,13,15,16,17,18). The minimum atomic E-state index is -0.920. The lowest BCUT2D eigenvalue weighted by Gasteiger charge is -2.20. The fourth-order valence-corrected chi connectivity index (χ4v) is 1.90. The van der Waals surface area contributed by atoms with E-state index in [1.165, 1.54) is 17.3 Å². The van der Waals surface area contributed by atoms with E-state index in [0.717, 1.165) is 0 Å². The Balaban J connectivity index is 1.79. The molecule has 2 aromatic heterocycles. The molecule has 1 atom stereocenters. The third-order valence-electron chi connectivity index (χ3n) is 3.03. The summed E-state index contributed by atoms with van der Waals surface area (Å²) in [5.74, 6) is 6.04. The van der Waals surface area contributed by atoms with Gasteiger partial charge in [0, 0.05) is 19.6 Å². The van der Waals surface area contributed by atoms with Crippen molar-refractivity contribution in [2.24, 2.45) is 5.84 Å². The lowest BCUT2D eigenvalue weighted by atomic mass is 10.0. The van der Waals surface area contributed by atoms with E-state index < -0.39 is 5.60 Å². The smallest absolute Gasteiger partial charge is 0.258 e. The van der Waals surface area contributed by atoms with Gasteiger partial charge in [-0.1, -0.05) is 0 Å². The van der Waals surface area contributed by atoms with Crippen LogP contribution in [0.15, 0.2) is 12.7 Å². The summed E-state index contributed by atoms with van der Waals surface area (Å²) >= 11 is 0. The first-order valence-corrected chi connectivity index (χ1v) is 6.30. The molecule has 3 heterocycles. The molecule has 11 heteroatoms. The second-order valence-electron chi connectivity index (χ2n) is 4.65. The van der Waals surface area contributed by atoms with Crippen LogP contribution in [0, 0.1) is 0 Å². The van der Waals surface area contributed by atoms with E-state index in [1.54, 1.807) is 0 Å². The number of ether oxygens (including phenoxy) is 1. The van der Waals surface area contributed by atoms with Gasteiger partial charge in [-0.3, -0.25) is 5.43 Å². The molecule has 1 aliphatic heterocycles. The van der Waals surface area contributed by atoms with Gasteiger partial charge in [-0.2, -0.15) is 24.7 Å². The fraction of sp³-hybridized carbons (Fsp3) is 0.500. The fourth-order valence-electron chi connectivity index (χ4n) is 1.90. The molecule has 3 rings (SSSR count). The van der Waals surface area contributed by atoms with Gasteiger partial charge >= 0.3 is 0 Å². The number of hydrogen-bond donors (Lipinski definition) is 4. The number of nitrogens with zero attached hydrogens (tertiary/aromatic N) is 6. The lowest BCUT2D eigenvalue weighted by molar-refractivity contribution is 0.0380. The number of aromatic nitrogens is 6. The van der Waals surface area contributed by atoms with Gasteiger partial charge in [0.25, 0.3) is 5.95 Å². The largest absolute Gasteiger partial charge is 0.386 e. The first-order valence-electron chi connectivity index (χ1n) is 6.30. The predicted molar refractivity (Wildman–Crippen MR) is 71.4 cm³/mol. The molecule has 1 fully saturated rings. The maximum Gasteiger partial charge on any atom is 0.258 e. The SMILES string of the molecule is NNc1nc(NCC2(O)CCOC2)nc(-n2cncn2)n1.